The van der Waals surface area contributed by atoms with Crippen molar-refractivity contribution in [3.63, 3.8) is 0 Å². The van der Waals surface area contributed by atoms with Crippen LogP contribution >= 0.6 is 0 Å². The molecule has 2 fully saturated rings. The summed E-state index contributed by atoms with van der Waals surface area (Å²) in [5.74, 6) is -0.253. The smallest absolute Gasteiger partial charge is 0.128 e. The van der Waals surface area contributed by atoms with E-state index in [1.54, 1.807) is 0 Å². The molecule has 20 heavy (non-hydrogen) atoms. The number of halogens is 1. The minimum absolute atomic E-state index is 0.253. The van der Waals surface area contributed by atoms with Crippen molar-refractivity contribution in [3.05, 3.63) is 29.6 Å². The first-order chi connectivity index (χ1) is 9.51. The van der Waals surface area contributed by atoms with E-state index in [2.05, 4.69) is 23.3 Å². The van der Waals surface area contributed by atoms with Crippen molar-refractivity contribution in [2.24, 2.45) is 0 Å². The Morgan fingerprint density at radius 1 is 1.30 bits per heavy atom. The Kier molecular flexibility index (Phi) is 3.18. The number of benzene rings is 1. The summed E-state index contributed by atoms with van der Waals surface area (Å²) >= 11 is 0. The topological polar surface area (TPSA) is 39.1 Å². The highest BCUT2D eigenvalue weighted by Crippen LogP contribution is 2.41. The van der Waals surface area contributed by atoms with Crippen molar-refractivity contribution in [2.45, 2.75) is 50.2 Å². The Bertz CT molecular complexity index is 529. The maximum Gasteiger partial charge on any atom is 0.128 e. The molecule has 2 atom stereocenters. The van der Waals surface area contributed by atoms with Crippen molar-refractivity contribution in [3.8, 4) is 6.07 Å². The van der Waals surface area contributed by atoms with Crippen molar-refractivity contribution < 1.29 is 4.39 Å². The van der Waals surface area contributed by atoms with Gasteiger partial charge in [-0.2, -0.15) is 5.26 Å². The zero-order valence-corrected chi connectivity index (χ0v) is 12.0. The van der Waals surface area contributed by atoms with Gasteiger partial charge in [0.05, 0.1) is 6.07 Å². The fourth-order valence-electron chi connectivity index (χ4n) is 3.78. The molecule has 2 aliphatic rings. The number of rotatable bonds is 2. The second kappa shape index (κ2) is 4.75. The van der Waals surface area contributed by atoms with Crippen LogP contribution in [0.1, 0.15) is 31.2 Å². The van der Waals surface area contributed by atoms with Crippen LogP contribution < -0.4 is 5.32 Å². The predicted octanol–water partition coefficient (Wildman–Crippen LogP) is 3.07. The normalized spacial score (nSPS) is 32.9. The lowest BCUT2D eigenvalue weighted by Crippen LogP contribution is -2.52. The predicted molar refractivity (Wildman–Crippen MR) is 76.9 cm³/mol. The molecule has 0 aromatic heterocycles. The van der Waals surface area contributed by atoms with Crippen LogP contribution in [0.5, 0.6) is 0 Å². The zero-order chi connectivity index (χ0) is 14.3. The zero-order valence-electron chi connectivity index (χ0n) is 12.0. The molecule has 4 heteroatoms. The van der Waals surface area contributed by atoms with E-state index in [4.69, 9.17) is 0 Å². The molecular weight excluding hydrogens is 253 g/mol. The van der Waals surface area contributed by atoms with Crippen LogP contribution in [0.2, 0.25) is 0 Å². The third kappa shape index (κ3) is 2.27. The lowest BCUT2D eigenvalue weighted by atomic mass is 9.84. The van der Waals surface area contributed by atoms with Gasteiger partial charge in [0.1, 0.15) is 11.4 Å². The molecular formula is C16H20FN3. The Morgan fingerprint density at radius 2 is 1.95 bits per heavy atom. The van der Waals surface area contributed by atoms with Gasteiger partial charge in [0.15, 0.2) is 0 Å². The van der Waals surface area contributed by atoms with E-state index in [-0.39, 0.29) is 5.82 Å². The van der Waals surface area contributed by atoms with E-state index in [0.717, 1.165) is 31.2 Å². The van der Waals surface area contributed by atoms with Crippen molar-refractivity contribution in [1.29, 1.82) is 5.26 Å². The molecule has 1 aromatic rings. The summed E-state index contributed by atoms with van der Waals surface area (Å²) in [7, 11) is 2.15. The van der Waals surface area contributed by atoms with E-state index in [1.807, 2.05) is 13.0 Å². The van der Waals surface area contributed by atoms with Gasteiger partial charge in [-0.25, -0.2) is 4.39 Å². The second-order valence-corrected chi connectivity index (χ2v) is 6.29. The lowest BCUT2D eigenvalue weighted by molar-refractivity contribution is 0.146. The van der Waals surface area contributed by atoms with Gasteiger partial charge in [-0.05, 0) is 63.4 Å². The van der Waals surface area contributed by atoms with E-state index < -0.39 is 5.54 Å². The number of aryl methyl sites for hydroxylation is 1. The van der Waals surface area contributed by atoms with E-state index in [9.17, 15) is 9.65 Å². The van der Waals surface area contributed by atoms with Gasteiger partial charge < -0.3 is 10.2 Å². The molecule has 106 valence electrons. The minimum atomic E-state index is -0.557. The molecule has 2 heterocycles. The molecule has 0 amide bonds. The van der Waals surface area contributed by atoms with Gasteiger partial charge in [-0.3, -0.25) is 0 Å². The second-order valence-electron chi connectivity index (χ2n) is 6.29. The average Bonchev–Trinajstić information content (AvgIpc) is 2.61. The molecule has 1 aromatic carbocycles. The summed E-state index contributed by atoms with van der Waals surface area (Å²) in [4.78, 5) is 2.40. The molecule has 0 radical (unpaired) electrons. The van der Waals surface area contributed by atoms with Crippen molar-refractivity contribution in [2.75, 3.05) is 12.4 Å². The van der Waals surface area contributed by atoms with Crippen LogP contribution in [0, 0.1) is 24.1 Å². The Labute approximate surface area is 119 Å². The monoisotopic (exact) mass is 273 g/mol. The molecule has 0 saturated carbocycles. The summed E-state index contributed by atoms with van der Waals surface area (Å²) < 4.78 is 13.5. The van der Waals surface area contributed by atoms with Crippen LogP contribution in [-0.4, -0.2) is 29.6 Å². The largest absolute Gasteiger partial charge is 0.367 e. The number of hydrogen-bond acceptors (Lipinski definition) is 3. The van der Waals surface area contributed by atoms with E-state index in [1.165, 1.54) is 12.1 Å². The summed E-state index contributed by atoms with van der Waals surface area (Å²) in [5, 5.41) is 13.0. The molecule has 2 bridgehead atoms. The Balaban J connectivity index is 1.86. The molecule has 0 aliphatic carbocycles. The van der Waals surface area contributed by atoms with Crippen molar-refractivity contribution in [1.82, 2.24) is 4.90 Å². The summed E-state index contributed by atoms with van der Waals surface area (Å²) in [6.45, 7) is 1.87. The SMILES string of the molecule is Cc1cc(F)cc(NC2(C#N)CC3CCC(C2)N3C)c1. The fraction of sp³-hybridized carbons (Fsp3) is 0.562. The third-order valence-corrected chi connectivity index (χ3v) is 4.79. The maximum atomic E-state index is 13.5. The number of hydrogen-bond donors (Lipinski definition) is 1. The quantitative estimate of drug-likeness (QED) is 0.900. The first-order valence-electron chi connectivity index (χ1n) is 7.20. The van der Waals surface area contributed by atoms with Gasteiger partial charge in [0.2, 0.25) is 0 Å². The number of anilines is 1. The van der Waals surface area contributed by atoms with Crippen molar-refractivity contribution >= 4 is 5.69 Å². The molecule has 3 nitrogen and oxygen atoms in total. The third-order valence-electron chi connectivity index (χ3n) is 4.79. The first-order valence-corrected chi connectivity index (χ1v) is 7.20. The molecule has 3 rings (SSSR count). The Hall–Kier alpha value is -1.60. The molecule has 2 aliphatic heterocycles. The number of nitrogens with zero attached hydrogens (tertiary/aromatic N) is 2. The average molecular weight is 273 g/mol. The molecule has 2 unspecified atom stereocenters. The van der Waals surface area contributed by atoms with Crippen LogP contribution in [-0.2, 0) is 0 Å². The van der Waals surface area contributed by atoms with Crippen LogP contribution in [0.15, 0.2) is 18.2 Å². The summed E-state index contributed by atoms with van der Waals surface area (Å²) in [6.07, 6.45) is 3.95. The molecule has 2 saturated heterocycles. The highest BCUT2D eigenvalue weighted by Gasteiger charge is 2.47. The number of nitriles is 1. The minimum Gasteiger partial charge on any atom is -0.367 e. The van der Waals surface area contributed by atoms with Gasteiger partial charge in [-0.1, -0.05) is 0 Å². The number of fused-ring (bicyclic) bond motifs is 2. The lowest BCUT2D eigenvalue weighted by Gasteiger charge is -2.42. The van der Waals surface area contributed by atoms with Crippen LogP contribution in [0.4, 0.5) is 10.1 Å². The van der Waals surface area contributed by atoms with E-state index in [0.29, 0.717) is 17.8 Å². The highest BCUT2D eigenvalue weighted by molar-refractivity contribution is 5.50. The summed E-state index contributed by atoms with van der Waals surface area (Å²) in [5.41, 5.74) is 1.03. The molecule has 0 spiro atoms. The standard InChI is InChI=1S/C16H20FN3/c1-11-5-12(17)7-13(6-11)19-16(10-18)8-14-3-4-15(9-16)20(14)2/h5-7,14-15,19H,3-4,8-9H2,1-2H3. The van der Waals surface area contributed by atoms with Crippen LogP contribution in [0.25, 0.3) is 0 Å². The maximum absolute atomic E-state index is 13.5. The van der Waals surface area contributed by atoms with Gasteiger partial charge in [0.25, 0.3) is 0 Å². The van der Waals surface area contributed by atoms with Gasteiger partial charge in [-0.15, -0.1) is 0 Å². The van der Waals surface area contributed by atoms with Crippen LogP contribution in [0.3, 0.4) is 0 Å². The number of nitrogens with one attached hydrogen (secondary N) is 1. The first kappa shape index (κ1) is 13.4. The van der Waals surface area contributed by atoms with Gasteiger partial charge in [0, 0.05) is 17.8 Å². The Morgan fingerprint density at radius 3 is 2.50 bits per heavy atom. The molecule has 1 N–H and O–H groups in total. The number of piperidine rings is 1. The fourth-order valence-corrected chi connectivity index (χ4v) is 3.78. The van der Waals surface area contributed by atoms with E-state index >= 15 is 0 Å². The highest BCUT2D eigenvalue weighted by atomic mass is 19.1. The van der Waals surface area contributed by atoms with Gasteiger partial charge >= 0.3 is 0 Å². The summed E-state index contributed by atoms with van der Waals surface area (Å²) in [6, 6.07) is 8.29.